The van der Waals surface area contributed by atoms with E-state index in [-0.39, 0.29) is 5.97 Å². The summed E-state index contributed by atoms with van der Waals surface area (Å²) >= 11 is 0. The quantitative estimate of drug-likeness (QED) is 0.160. The van der Waals surface area contributed by atoms with Crippen molar-refractivity contribution in [3.05, 3.63) is 0 Å². The summed E-state index contributed by atoms with van der Waals surface area (Å²) in [5.74, 6) is 0.577. The van der Waals surface area contributed by atoms with Crippen LogP contribution in [0.5, 0.6) is 0 Å². The van der Waals surface area contributed by atoms with Gasteiger partial charge in [0, 0.05) is 6.42 Å². The van der Waals surface area contributed by atoms with Crippen LogP contribution in [-0.4, -0.2) is 12.6 Å². The number of hydrogen-bond acceptors (Lipinski definition) is 2. The minimum Gasteiger partial charge on any atom is -0.465 e. The lowest BCUT2D eigenvalue weighted by atomic mass is 10.0. The van der Waals surface area contributed by atoms with Gasteiger partial charge in [-0.25, -0.2) is 0 Å². The smallest absolute Gasteiger partial charge is 0.305 e. The summed E-state index contributed by atoms with van der Waals surface area (Å²) in [6, 6.07) is 0. The maximum Gasteiger partial charge on any atom is 0.305 e. The zero-order valence-electron chi connectivity index (χ0n) is 18.3. The molecule has 0 aliphatic carbocycles. The summed E-state index contributed by atoms with van der Waals surface area (Å²) in [4.78, 5) is 11.8. The first-order valence-corrected chi connectivity index (χ1v) is 11.9. The van der Waals surface area contributed by atoms with Gasteiger partial charge in [-0.15, -0.1) is 0 Å². The number of carbonyl (C=O) groups excluding carboxylic acids is 1. The molecule has 0 aromatic heterocycles. The Kier molecular flexibility index (Phi) is 20.4. The van der Waals surface area contributed by atoms with Crippen molar-refractivity contribution in [1.82, 2.24) is 0 Å². The fraction of sp³-hybridized carbons (Fsp3) is 0.958. The summed E-state index contributed by atoms with van der Waals surface area (Å²) in [6.07, 6.45) is 22.8. The van der Waals surface area contributed by atoms with Crippen LogP contribution >= 0.6 is 0 Å². The maximum atomic E-state index is 11.8. The third-order valence-electron chi connectivity index (χ3n) is 5.51. The van der Waals surface area contributed by atoms with Gasteiger partial charge in [0.1, 0.15) is 0 Å². The average molecular weight is 369 g/mol. The molecule has 0 radical (unpaired) electrons. The molecule has 2 heteroatoms. The number of rotatable bonds is 20. The van der Waals surface area contributed by atoms with Crippen LogP contribution in [0.1, 0.15) is 136 Å². The second-order valence-corrected chi connectivity index (χ2v) is 8.09. The summed E-state index contributed by atoms with van der Waals surface area (Å²) in [5.41, 5.74) is 0. The van der Waals surface area contributed by atoms with E-state index in [1.807, 2.05) is 0 Å². The highest BCUT2D eigenvalue weighted by Crippen LogP contribution is 2.15. The predicted octanol–water partition coefficient (Wildman–Crippen LogP) is 8.23. The first-order chi connectivity index (χ1) is 12.7. The number of unbranched alkanes of at least 4 members (excludes halogenated alkanes) is 13. The largest absolute Gasteiger partial charge is 0.465 e. The zero-order valence-corrected chi connectivity index (χ0v) is 18.3. The van der Waals surface area contributed by atoms with Gasteiger partial charge in [0.05, 0.1) is 6.61 Å². The zero-order chi connectivity index (χ0) is 19.3. The van der Waals surface area contributed by atoms with Crippen LogP contribution in [0.4, 0.5) is 0 Å². The van der Waals surface area contributed by atoms with Crippen LogP contribution in [0, 0.1) is 5.92 Å². The molecule has 0 bridgehead atoms. The van der Waals surface area contributed by atoms with E-state index in [9.17, 15) is 4.79 Å². The van der Waals surface area contributed by atoms with Crippen molar-refractivity contribution < 1.29 is 9.53 Å². The molecular formula is C24H48O2. The first kappa shape index (κ1) is 25.5. The van der Waals surface area contributed by atoms with Gasteiger partial charge in [0.15, 0.2) is 0 Å². The Morgan fingerprint density at radius 1 is 0.654 bits per heavy atom. The second-order valence-electron chi connectivity index (χ2n) is 8.09. The molecule has 0 fully saturated rings. The van der Waals surface area contributed by atoms with E-state index >= 15 is 0 Å². The van der Waals surface area contributed by atoms with Gasteiger partial charge in [-0.05, 0) is 18.8 Å². The lowest BCUT2D eigenvalue weighted by Crippen LogP contribution is -2.13. The highest BCUT2D eigenvalue weighted by Gasteiger charge is 2.09. The van der Waals surface area contributed by atoms with Crippen LogP contribution in [0.15, 0.2) is 0 Å². The van der Waals surface area contributed by atoms with Crippen LogP contribution in [0.2, 0.25) is 0 Å². The molecule has 0 amide bonds. The van der Waals surface area contributed by atoms with E-state index in [4.69, 9.17) is 4.74 Å². The third-order valence-corrected chi connectivity index (χ3v) is 5.51. The van der Waals surface area contributed by atoms with E-state index in [1.165, 1.54) is 96.3 Å². The van der Waals surface area contributed by atoms with Crippen LogP contribution in [0.3, 0.4) is 0 Å². The van der Waals surface area contributed by atoms with Crippen LogP contribution in [0.25, 0.3) is 0 Å². The average Bonchev–Trinajstić information content (AvgIpc) is 2.65. The molecule has 0 aliphatic heterocycles. The molecule has 0 spiro atoms. The van der Waals surface area contributed by atoms with Gasteiger partial charge < -0.3 is 4.74 Å². The molecule has 0 saturated carbocycles. The lowest BCUT2D eigenvalue weighted by molar-refractivity contribution is -0.145. The molecule has 0 heterocycles. The Morgan fingerprint density at radius 2 is 1.12 bits per heavy atom. The molecule has 156 valence electrons. The minimum atomic E-state index is 0.0167. The van der Waals surface area contributed by atoms with E-state index in [0.717, 1.165) is 12.8 Å². The monoisotopic (exact) mass is 368 g/mol. The van der Waals surface area contributed by atoms with Crippen molar-refractivity contribution in [2.75, 3.05) is 6.61 Å². The lowest BCUT2D eigenvalue weighted by Gasteiger charge is -2.14. The fourth-order valence-electron chi connectivity index (χ4n) is 3.47. The van der Waals surface area contributed by atoms with E-state index < -0.39 is 0 Å². The van der Waals surface area contributed by atoms with Gasteiger partial charge in [0.2, 0.25) is 0 Å². The van der Waals surface area contributed by atoms with Gasteiger partial charge >= 0.3 is 5.97 Å². The standard InChI is InChI=1S/C24H48O2/c1-4-7-9-10-11-12-13-14-15-16-17-18-19-21-24(25)26-22-23(6-3)20-8-5-2/h23H,4-22H2,1-3H3/t23-/m0/s1. The van der Waals surface area contributed by atoms with Crippen molar-refractivity contribution in [2.24, 2.45) is 5.92 Å². The number of ether oxygens (including phenoxy) is 1. The van der Waals surface area contributed by atoms with Crippen molar-refractivity contribution >= 4 is 5.97 Å². The van der Waals surface area contributed by atoms with Crippen molar-refractivity contribution in [2.45, 2.75) is 136 Å². The Hall–Kier alpha value is -0.530. The Morgan fingerprint density at radius 3 is 1.58 bits per heavy atom. The molecule has 0 aromatic carbocycles. The predicted molar refractivity (Wildman–Crippen MR) is 115 cm³/mol. The molecule has 0 rings (SSSR count). The van der Waals surface area contributed by atoms with Crippen molar-refractivity contribution in [3.8, 4) is 0 Å². The molecule has 0 aliphatic rings. The maximum absolute atomic E-state index is 11.8. The topological polar surface area (TPSA) is 26.3 Å². The molecule has 0 aromatic rings. The molecule has 0 saturated heterocycles. The molecule has 2 nitrogen and oxygen atoms in total. The van der Waals surface area contributed by atoms with E-state index in [2.05, 4.69) is 20.8 Å². The van der Waals surface area contributed by atoms with E-state index in [1.54, 1.807) is 0 Å². The summed E-state index contributed by atoms with van der Waals surface area (Å²) in [5, 5.41) is 0. The van der Waals surface area contributed by atoms with Crippen molar-refractivity contribution in [3.63, 3.8) is 0 Å². The molecular weight excluding hydrogens is 320 g/mol. The van der Waals surface area contributed by atoms with Gasteiger partial charge in [0.25, 0.3) is 0 Å². The van der Waals surface area contributed by atoms with Gasteiger partial charge in [-0.3, -0.25) is 4.79 Å². The number of hydrogen-bond donors (Lipinski definition) is 0. The fourth-order valence-corrected chi connectivity index (χ4v) is 3.47. The van der Waals surface area contributed by atoms with Crippen LogP contribution in [-0.2, 0) is 9.53 Å². The van der Waals surface area contributed by atoms with Gasteiger partial charge in [-0.2, -0.15) is 0 Å². The Balaban J connectivity index is 3.30. The number of carbonyl (C=O) groups is 1. The van der Waals surface area contributed by atoms with Crippen molar-refractivity contribution in [1.29, 1.82) is 0 Å². The first-order valence-electron chi connectivity index (χ1n) is 11.9. The Bertz CT molecular complexity index is 288. The second kappa shape index (κ2) is 20.8. The summed E-state index contributed by atoms with van der Waals surface area (Å²) in [7, 11) is 0. The highest BCUT2D eigenvalue weighted by molar-refractivity contribution is 5.69. The molecule has 1 atom stereocenters. The van der Waals surface area contributed by atoms with E-state index in [0.29, 0.717) is 18.9 Å². The summed E-state index contributed by atoms with van der Waals surface area (Å²) in [6.45, 7) is 7.32. The van der Waals surface area contributed by atoms with Gasteiger partial charge in [-0.1, -0.05) is 117 Å². The minimum absolute atomic E-state index is 0.0167. The molecule has 26 heavy (non-hydrogen) atoms. The SMILES string of the molecule is CCCCCCCCCCCCCCCC(=O)OC[C@@H](CC)CCCC. The highest BCUT2D eigenvalue weighted by atomic mass is 16.5. The summed E-state index contributed by atoms with van der Waals surface area (Å²) < 4.78 is 5.46. The number of esters is 1. The normalized spacial score (nSPS) is 12.3. The van der Waals surface area contributed by atoms with Crippen LogP contribution < -0.4 is 0 Å². The third kappa shape index (κ3) is 18.3. The Labute approximate surface area is 164 Å². The molecule has 0 N–H and O–H groups in total. The molecule has 0 unspecified atom stereocenters.